The molecule has 0 amide bonds. The van der Waals surface area contributed by atoms with Crippen LogP contribution in [0.1, 0.15) is 31.9 Å². The predicted molar refractivity (Wildman–Crippen MR) is 87.0 cm³/mol. The van der Waals surface area contributed by atoms with E-state index in [4.69, 9.17) is 0 Å². The van der Waals surface area contributed by atoms with Crippen LogP contribution in [0, 0.1) is 0 Å². The van der Waals surface area contributed by atoms with Crippen molar-refractivity contribution < 1.29 is 31.1 Å². The Bertz CT molecular complexity index is 796. The van der Waals surface area contributed by atoms with Crippen LogP contribution in [-0.2, 0) is 11.6 Å². The Hall–Kier alpha value is -2.52. The fraction of sp³-hybridized carbons (Fsp3) is 0.412. The molecule has 0 aliphatic carbocycles. The van der Waals surface area contributed by atoms with E-state index >= 15 is 0 Å². The number of aromatic nitrogens is 2. The van der Waals surface area contributed by atoms with Gasteiger partial charge in [0.25, 0.3) is 0 Å². The number of benzene rings is 1. The first-order valence-electron chi connectivity index (χ1n) is 7.77. The summed E-state index contributed by atoms with van der Waals surface area (Å²) >= 11 is 0. The zero-order chi connectivity index (χ0) is 20.5. The lowest BCUT2D eigenvalue weighted by Gasteiger charge is -2.20. The maximum atomic E-state index is 12.9. The second-order valence-corrected chi connectivity index (χ2v) is 6.77. The topological polar surface area (TPSA) is 47.0 Å². The molecule has 0 fully saturated rings. The Labute approximate surface area is 151 Å². The molecule has 0 radical (unpaired) electrons. The normalized spacial score (nSPS) is 12.8. The molecule has 0 aliphatic heterocycles. The highest BCUT2D eigenvalue weighted by Crippen LogP contribution is 2.36. The number of halogens is 6. The lowest BCUT2D eigenvalue weighted by Crippen LogP contribution is -2.22. The van der Waals surface area contributed by atoms with Gasteiger partial charge in [-0.15, -0.1) is 0 Å². The van der Waals surface area contributed by atoms with Crippen molar-refractivity contribution in [1.29, 1.82) is 0 Å². The first-order chi connectivity index (χ1) is 12.3. The molecule has 0 aliphatic rings. The fourth-order valence-electron chi connectivity index (χ4n) is 2.07. The highest BCUT2D eigenvalue weighted by molar-refractivity contribution is 5.55. The summed E-state index contributed by atoms with van der Waals surface area (Å²) in [5, 5.41) is 2.68. The Morgan fingerprint density at radius 1 is 1.04 bits per heavy atom. The molecule has 0 spiro atoms. The smallest absolute Gasteiger partial charge is 0.423 e. The number of hydrogen-bond acceptors (Lipinski definition) is 4. The molecule has 0 saturated heterocycles. The molecule has 2 aromatic rings. The summed E-state index contributed by atoms with van der Waals surface area (Å²) in [7, 11) is 0. The summed E-state index contributed by atoms with van der Waals surface area (Å²) in [6.07, 6.45) is -9.37. The SMILES string of the molecule is CC(C)(C)c1cccc(Nc2ncc(C(F)(F)F)c(OCC(F)(F)F)n2)c1. The molecule has 1 aromatic heterocycles. The number of rotatable bonds is 4. The minimum Gasteiger partial charge on any atom is -0.467 e. The molecule has 0 atom stereocenters. The summed E-state index contributed by atoms with van der Waals surface area (Å²) in [4.78, 5) is 7.00. The Kier molecular flexibility index (Phi) is 5.58. The van der Waals surface area contributed by atoms with Gasteiger partial charge in [0.1, 0.15) is 5.56 Å². The van der Waals surface area contributed by atoms with E-state index in [0.29, 0.717) is 11.9 Å². The van der Waals surface area contributed by atoms with Crippen molar-refractivity contribution in [2.24, 2.45) is 0 Å². The first kappa shape index (κ1) is 20.8. The van der Waals surface area contributed by atoms with Crippen LogP contribution in [0.3, 0.4) is 0 Å². The molecular weight excluding hydrogens is 376 g/mol. The lowest BCUT2D eigenvalue weighted by molar-refractivity contribution is -0.159. The van der Waals surface area contributed by atoms with E-state index in [-0.39, 0.29) is 11.4 Å². The molecule has 2 rings (SSSR count). The van der Waals surface area contributed by atoms with Gasteiger partial charge in [-0.2, -0.15) is 31.3 Å². The lowest BCUT2D eigenvalue weighted by atomic mass is 9.87. The molecule has 0 saturated carbocycles. The van der Waals surface area contributed by atoms with Crippen LogP contribution in [0.15, 0.2) is 30.5 Å². The van der Waals surface area contributed by atoms with Crippen LogP contribution in [0.4, 0.5) is 38.0 Å². The third-order valence-electron chi connectivity index (χ3n) is 3.42. The molecule has 0 bridgehead atoms. The number of hydrogen-bond donors (Lipinski definition) is 1. The maximum absolute atomic E-state index is 12.9. The van der Waals surface area contributed by atoms with E-state index in [2.05, 4.69) is 20.0 Å². The van der Waals surface area contributed by atoms with Crippen LogP contribution in [0.5, 0.6) is 5.88 Å². The van der Waals surface area contributed by atoms with Gasteiger partial charge in [-0.25, -0.2) is 4.98 Å². The van der Waals surface area contributed by atoms with E-state index in [1.807, 2.05) is 26.8 Å². The number of anilines is 2. The molecule has 1 N–H and O–H groups in total. The first-order valence-corrected chi connectivity index (χ1v) is 7.77. The summed E-state index contributed by atoms with van der Waals surface area (Å²) in [5.41, 5.74) is -0.253. The number of alkyl halides is 6. The summed E-state index contributed by atoms with van der Waals surface area (Å²) in [6.45, 7) is 4.03. The van der Waals surface area contributed by atoms with Crippen molar-refractivity contribution in [3.8, 4) is 5.88 Å². The summed E-state index contributed by atoms with van der Waals surface area (Å²) in [6, 6.07) is 6.98. The van der Waals surface area contributed by atoms with Gasteiger partial charge in [-0.05, 0) is 23.1 Å². The van der Waals surface area contributed by atoms with Gasteiger partial charge >= 0.3 is 12.4 Å². The number of nitrogens with zero attached hydrogens (tertiary/aromatic N) is 2. The van der Waals surface area contributed by atoms with E-state index in [1.165, 1.54) is 0 Å². The average molecular weight is 393 g/mol. The van der Waals surface area contributed by atoms with E-state index < -0.39 is 30.4 Å². The van der Waals surface area contributed by atoms with Gasteiger partial charge in [0.05, 0.1) is 0 Å². The molecule has 10 heteroatoms. The van der Waals surface area contributed by atoms with Crippen LogP contribution in [0.25, 0.3) is 0 Å². The van der Waals surface area contributed by atoms with Crippen molar-refractivity contribution >= 4 is 11.6 Å². The van der Waals surface area contributed by atoms with Gasteiger partial charge in [-0.1, -0.05) is 32.9 Å². The molecule has 4 nitrogen and oxygen atoms in total. The van der Waals surface area contributed by atoms with Gasteiger partial charge in [-0.3, -0.25) is 0 Å². The second-order valence-electron chi connectivity index (χ2n) is 6.77. The number of ether oxygens (including phenoxy) is 1. The van der Waals surface area contributed by atoms with Crippen LogP contribution < -0.4 is 10.1 Å². The van der Waals surface area contributed by atoms with E-state index in [9.17, 15) is 26.3 Å². The van der Waals surface area contributed by atoms with Crippen LogP contribution in [0.2, 0.25) is 0 Å². The van der Waals surface area contributed by atoms with E-state index in [0.717, 1.165) is 5.56 Å². The zero-order valence-corrected chi connectivity index (χ0v) is 14.7. The van der Waals surface area contributed by atoms with Gasteiger partial charge in [0.15, 0.2) is 6.61 Å². The summed E-state index contributed by atoms with van der Waals surface area (Å²) < 4.78 is 80.0. The Balaban J connectivity index is 2.33. The molecule has 148 valence electrons. The Morgan fingerprint density at radius 3 is 2.26 bits per heavy atom. The minimum absolute atomic E-state index is 0.181. The quantitative estimate of drug-likeness (QED) is 0.699. The average Bonchev–Trinajstić information content (AvgIpc) is 2.51. The van der Waals surface area contributed by atoms with Gasteiger partial charge in [0.2, 0.25) is 11.8 Å². The van der Waals surface area contributed by atoms with Crippen molar-refractivity contribution in [3.63, 3.8) is 0 Å². The van der Waals surface area contributed by atoms with Crippen molar-refractivity contribution in [2.45, 2.75) is 38.5 Å². The molecule has 1 heterocycles. The molecule has 0 unspecified atom stereocenters. The highest BCUT2D eigenvalue weighted by atomic mass is 19.4. The zero-order valence-electron chi connectivity index (χ0n) is 14.7. The van der Waals surface area contributed by atoms with Gasteiger partial charge in [0, 0.05) is 11.9 Å². The van der Waals surface area contributed by atoms with Crippen molar-refractivity contribution in [2.75, 3.05) is 11.9 Å². The Morgan fingerprint density at radius 2 is 1.70 bits per heavy atom. The number of nitrogens with one attached hydrogen (secondary N) is 1. The largest absolute Gasteiger partial charge is 0.467 e. The maximum Gasteiger partial charge on any atom is 0.423 e. The third-order valence-corrected chi connectivity index (χ3v) is 3.42. The van der Waals surface area contributed by atoms with E-state index in [1.54, 1.807) is 18.2 Å². The summed E-state index contributed by atoms with van der Waals surface area (Å²) in [5.74, 6) is -1.50. The highest BCUT2D eigenvalue weighted by Gasteiger charge is 2.38. The second kappa shape index (κ2) is 7.24. The van der Waals surface area contributed by atoms with Crippen LogP contribution >= 0.6 is 0 Å². The van der Waals surface area contributed by atoms with Crippen molar-refractivity contribution in [3.05, 3.63) is 41.6 Å². The van der Waals surface area contributed by atoms with Crippen LogP contribution in [-0.4, -0.2) is 22.8 Å². The minimum atomic E-state index is -4.95. The molecule has 1 aromatic carbocycles. The van der Waals surface area contributed by atoms with Crippen molar-refractivity contribution in [1.82, 2.24) is 9.97 Å². The fourth-order valence-corrected chi connectivity index (χ4v) is 2.07. The monoisotopic (exact) mass is 393 g/mol. The molecular formula is C17H17F6N3O. The molecule has 27 heavy (non-hydrogen) atoms. The predicted octanol–water partition coefficient (Wildman–Crippen LogP) is 5.48. The third kappa shape index (κ3) is 6.00. The standard InChI is InChI=1S/C17H17F6N3O/c1-15(2,3)10-5-4-6-11(7-10)25-14-24-8-12(17(21,22)23)13(26-14)27-9-16(18,19)20/h4-8H,9H2,1-3H3,(H,24,25,26). The van der Waals surface area contributed by atoms with Gasteiger partial charge < -0.3 is 10.1 Å².